The molecule has 0 saturated carbocycles. The molecule has 1 amide bonds. The number of cyclic esters (lactones) is 2. The van der Waals surface area contributed by atoms with Gasteiger partial charge in [-0.15, -0.1) is 11.3 Å². The van der Waals surface area contributed by atoms with Gasteiger partial charge in [-0.3, -0.25) is 0 Å². The van der Waals surface area contributed by atoms with Crippen LogP contribution in [0.25, 0.3) is 0 Å². The van der Waals surface area contributed by atoms with Gasteiger partial charge in [-0.25, -0.2) is 9.59 Å². The van der Waals surface area contributed by atoms with Crippen molar-refractivity contribution in [1.82, 2.24) is 5.32 Å². The lowest BCUT2D eigenvalue weighted by atomic mass is 10.2. The minimum atomic E-state index is -0.664. The lowest BCUT2D eigenvalue weighted by molar-refractivity contribution is -0.135. The van der Waals surface area contributed by atoms with Gasteiger partial charge in [-0.05, 0) is 23.9 Å². The van der Waals surface area contributed by atoms with Crippen LogP contribution in [0.5, 0.6) is 0 Å². The molecule has 1 atom stereocenters. The number of nitrogens with one attached hydrogen (secondary N) is 1. The van der Waals surface area contributed by atoms with Crippen LogP contribution in [0.15, 0.2) is 11.4 Å². The summed E-state index contributed by atoms with van der Waals surface area (Å²) in [4.78, 5) is 22.7. The predicted octanol–water partition coefficient (Wildman–Crippen LogP) is 1.36. The average Bonchev–Trinajstić information content (AvgIpc) is 2.58. The fourth-order valence-corrected chi connectivity index (χ4v) is 2.17. The van der Waals surface area contributed by atoms with Crippen molar-refractivity contribution in [2.75, 3.05) is 0 Å². The van der Waals surface area contributed by atoms with Crippen molar-refractivity contribution in [3.63, 3.8) is 0 Å². The third-order valence-corrected chi connectivity index (χ3v) is 2.94. The number of hydrogen-bond donors (Lipinski definition) is 1. The summed E-state index contributed by atoms with van der Waals surface area (Å²) in [6.45, 7) is 1.89. The fourth-order valence-electron chi connectivity index (χ4n) is 1.21. The Morgan fingerprint density at radius 2 is 2.31 bits per heavy atom. The molecular formula is C8H7NO3S. The number of esters is 1. The number of carbonyl (C=O) groups excluding carboxylic acids is 2. The molecule has 68 valence electrons. The second-order valence-corrected chi connectivity index (χ2v) is 3.70. The molecule has 5 heteroatoms. The SMILES string of the molecule is Cc1ccsc1C1NC(=O)OC1=O. The summed E-state index contributed by atoms with van der Waals surface area (Å²) >= 11 is 1.44. The molecule has 1 aliphatic rings. The maximum Gasteiger partial charge on any atom is 0.415 e. The Morgan fingerprint density at radius 3 is 2.77 bits per heavy atom. The Kier molecular flexibility index (Phi) is 1.81. The molecule has 1 aromatic rings. The van der Waals surface area contributed by atoms with Gasteiger partial charge < -0.3 is 10.1 Å². The lowest BCUT2D eigenvalue weighted by Crippen LogP contribution is -2.19. The van der Waals surface area contributed by atoms with Crippen LogP contribution < -0.4 is 5.32 Å². The molecule has 13 heavy (non-hydrogen) atoms. The first-order valence-corrected chi connectivity index (χ1v) is 4.62. The van der Waals surface area contributed by atoms with Crippen LogP contribution in [0.3, 0.4) is 0 Å². The molecular weight excluding hydrogens is 190 g/mol. The normalized spacial score (nSPS) is 21.5. The van der Waals surface area contributed by atoms with Crippen LogP contribution in [0.1, 0.15) is 16.5 Å². The summed E-state index contributed by atoms with van der Waals surface area (Å²) in [5.41, 5.74) is 0.995. The molecule has 1 aliphatic heterocycles. The second-order valence-electron chi connectivity index (χ2n) is 2.75. The van der Waals surface area contributed by atoms with E-state index in [0.717, 1.165) is 10.4 Å². The number of rotatable bonds is 1. The zero-order valence-corrected chi connectivity index (χ0v) is 7.68. The smallest absolute Gasteiger partial charge is 0.374 e. The maximum atomic E-state index is 11.1. The topological polar surface area (TPSA) is 55.4 Å². The van der Waals surface area contributed by atoms with Crippen LogP contribution in [0.4, 0.5) is 4.79 Å². The van der Waals surface area contributed by atoms with Crippen LogP contribution in [0, 0.1) is 6.92 Å². The molecule has 1 fully saturated rings. The van der Waals surface area contributed by atoms with Gasteiger partial charge in [0.15, 0.2) is 6.04 Å². The second kappa shape index (κ2) is 2.85. The summed E-state index contributed by atoms with van der Waals surface area (Å²) in [6, 6.07) is 1.30. The van der Waals surface area contributed by atoms with Crippen molar-refractivity contribution in [1.29, 1.82) is 0 Å². The number of carbonyl (C=O) groups is 2. The summed E-state index contributed by atoms with van der Waals surface area (Å²) in [6.07, 6.45) is -0.664. The largest absolute Gasteiger partial charge is 0.415 e. The lowest BCUT2D eigenvalue weighted by Gasteiger charge is -2.02. The molecule has 0 bridgehead atoms. The Morgan fingerprint density at radius 1 is 1.54 bits per heavy atom. The first-order chi connectivity index (χ1) is 6.18. The number of ether oxygens (including phenoxy) is 1. The van der Waals surface area contributed by atoms with Crippen molar-refractivity contribution < 1.29 is 14.3 Å². The first-order valence-electron chi connectivity index (χ1n) is 3.74. The third kappa shape index (κ3) is 1.31. The zero-order valence-electron chi connectivity index (χ0n) is 6.87. The average molecular weight is 197 g/mol. The number of amides is 1. The molecule has 2 rings (SSSR count). The van der Waals surface area contributed by atoms with E-state index in [2.05, 4.69) is 10.1 Å². The summed E-state index contributed by atoms with van der Waals surface area (Å²) < 4.78 is 4.37. The van der Waals surface area contributed by atoms with Crippen LogP contribution >= 0.6 is 11.3 Å². The minimum absolute atomic E-state index is 0.518. The molecule has 1 aromatic heterocycles. The van der Waals surface area contributed by atoms with E-state index >= 15 is 0 Å². The van der Waals surface area contributed by atoms with E-state index in [4.69, 9.17) is 0 Å². The van der Waals surface area contributed by atoms with E-state index < -0.39 is 18.1 Å². The standard InChI is InChI=1S/C8H7NO3S/c1-4-2-3-13-6(4)5-7(10)12-8(11)9-5/h2-3,5H,1H3,(H,9,11). The summed E-state index contributed by atoms with van der Waals surface area (Å²) in [5, 5.41) is 4.32. The summed E-state index contributed by atoms with van der Waals surface area (Å²) in [7, 11) is 0. The van der Waals surface area contributed by atoms with E-state index in [1.807, 2.05) is 18.4 Å². The van der Waals surface area contributed by atoms with E-state index in [-0.39, 0.29) is 0 Å². The molecule has 0 radical (unpaired) electrons. The Labute approximate surface area is 78.5 Å². The predicted molar refractivity (Wildman–Crippen MR) is 46.4 cm³/mol. The Hall–Kier alpha value is -1.36. The maximum absolute atomic E-state index is 11.1. The third-order valence-electron chi connectivity index (χ3n) is 1.86. The molecule has 2 heterocycles. The molecule has 4 nitrogen and oxygen atoms in total. The van der Waals surface area contributed by atoms with Crippen molar-refractivity contribution in [3.05, 3.63) is 21.9 Å². The molecule has 1 N–H and O–H groups in total. The van der Waals surface area contributed by atoms with E-state index in [1.165, 1.54) is 11.3 Å². The van der Waals surface area contributed by atoms with E-state index in [9.17, 15) is 9.59 Å². The van der Waals surface area contributed by atoms with E-state index in [1.54, 1.807) is 0 Å². The quantitative estimate of drug-likeness (QED) is 0.546. The first kappa shape index (κ1) is 8.25. The molecule has 1 unspecified atom stereocenters. The van der Waals surface area contributed by atoms with Gasteiger partial charge in [0.2, 0.25) is 0 Å². The van der Waals surface area contributed by atoms with Gasteiger partial charge >= 0.3 is 12.1 Å². The highest BCUT2D eigenvalue weighted by molar-refractivity contribution is 7.10. The highest BCUT2D eigenvalue weighted by Gasteiger charge is 2.35. The highest BCUT2D eigenvalue weighted by Crippen LogP contribution is 2.27. The Bertz CT molecular complexity index is 371. The van der Waals surface area contributed by atoms with Gasteiger partial charge in [0.25, 0.3) is 0 Å². The minimum Gasteiger partial charge on any atom is -0.374 e. The monoisotopic (exact) mass is 197 g/mol. The molecule has 1 saturated heterocycles. The van der Waals surface area contributed by atoms with Gasteiger partial charge in [0.1, 0.15) is 0 Å². The molecule has 0 aromatic carbocycles. The zero-order chi connectivity index (χ0) is 9.42. The Balaban J connectivity index is 2.32. The van der Waals surface area contributed by atoms with Gasteiger partial charge in [0, 0.05) is 4.88 Å². The van der Waals surface area contributed by atoms with Crippen molar-refractivity contribution in [2.45, 2.75) is 13.0 Å². The number of alkyl carbamates (subject to hydrolysis) is 1. The molecule has 0 spiro atoms. The van der Waals surface area contributed by atoms with Crippen molar-refractivity contribution in [2.24, 2.45) is 0 Å². The molecule has 0 aliphatic carbocycles. The number of aryl methyl sites for hydroxylation is 1. The van der Waals surface area contributed by atoms with Crippen molar-refractivity contribution in [3.8, 4) is 0 Å². The van der Waals surface area contributed by atoms with E-state index in [0.29, 0.717) is 0 Å². The fraction of sp³-hybridized carbons (Fsp3) is 0.250. The van der Waals surface area contributed by atoms with Gasteiger partial charge in [-0.1, -0.05) is 0 Å². The summed E-state index contributed by atoms with van der Waals surface area (Å²) in [5.74, 6) is -0.518. The van der Waals surface area contributed by atoms with Crippen LogP contribution in [-0.2, 0) is 9.53 Å². The van der Waals surface area contributed by atoms with Gasteiger partial charge in [-0.2, -0.15) is 0 Å². The van der Waals surface area contributed by atoms with Crippen LogP contribution in [0.2, 0.25) is 0 Å². The van der Waals surface area contributed by atoms with Crippen LogP contribution in [-0.4, -0.2) is 12.1 Å². The highest BCUT2D eigenvalue weighted by atomic mass is 32.1. The number of hydrogen-bond acceptors (Lipinski definition) is 4. The van der Waals surface area contributed by atoms with Crippen molar-refractivity contribution >= 4 is 23.4 Å². The van der Waals surface area contributed by atoms with Gasteiger partial charge in [0.05, 0.1) is 0 Å². The number of thiophene rings is 1.